The number of rotatable bonds is 3. The molecule has 0 bridgehead atoms. The Balaban J connectivity index is 0.00000144. The summed E-state index contributed by atoms with van der Waals surface area (Å²) < 4.78 is 7.11. The fourth-order valence-electron chi connectivity index (χ4n) is 2.38. The van der Waals surface area contributed by atoms with Gasteiger partial charge in [-0.25, -0.2) is 9.67 Å². The van der Waals surface area contributed by atoms with Gasteiger partial charge in [-0.3, -0.25) is 0 Å². The summed E-state index contributed by atoms with van der Waals surface area (Å²) in [6.45, 7) is 0.547. The van der Waals surface area contributed by atoms with Crippen LogP contribution in [-0.4, -0.2) is 19.9 Å². The van der Waals surface area contributed by atoms with Crippen molar-refractivity contribution in [2.45, 2.75) is 6.54 Å². The van der Waals surface area contributed by atoms with E-state index in [-0.39, 0.29) is 12.4 Å². The summed E-state index contributed by atoms with van der Waals surface area (Å²) in [5, 5.41) is 9.25. The Hall–Kier alpha value is -2.66. The average Bonchev–Trinajstić information content (AvgIpc) is 3.19. The lowest BCUT2D eigenvalue weighted by Crippen LogP contribution is -2.00. The molecule has 0 saturated heterocycles. The maximum atomic E-state index is 5.38. The minimum absolute atomic E-state index is 0. The van der Waals surface area contributed by atoms with Crippen LogP contribution >= 0.6 is 12.4 Å². The SMILES string of the molecule is Cl.c1ccc(-c2ccc3onc(Cn4cncn4)c3c2)cc1. The molecular formula is C16H13ClN4O. The van der Waals surface area contributed by atoms with Crippen molar-refractivity contribution in [1.82, 2.24) is 19.9 Å². The van der Waals surface area contributed by atoms with Gasteiger partial charge in [0.1, 0.15) is 18.3 Å². The molecule has 0 atom stereocenters. The van der Waals surface area contributed by atoms with Gasteiger partial charge in [0.2, 0.25) is 0 Å². The molecule has 2 aromatic carbocycles. The zero-order valence-corrected chi connectivity index (χ0v) is 12.4. The third-order valence-electron chi connectivity index (χ3n) is 3.43. The molecule has 0 aliphatic heterocycles. The van der Waals surface area contributed by atoms with Crippen molar-refractivity contribution < 1.29 is 4.52 Å². The molecule has 0 saturated carbocycles. The van der Waals surface area contributed by atoms with E-state index in [9.17, 15) is 0 Å². The van der Waals surface area contributed by atoms with Crippen LogP contribution in [-0.2, 0) is 6.54 Å². The topological polar surface area (TPSA) is 56.7 Å². The second-order valence-corrected chi connectivity index (χ2v) is 4.80. The molecule has 0 unspecified atom stereocenters. The molecule has 6 heteroatoms. The summed E-state index contributed by atoms with van der Waals surface area (Å²) in [4.78, 5) is 3.94. The lowest BCUT2D eigenvalue weighted by molar-refractivity contribution is 0.440. The molecule has 110 valence electrons. The van der Waals surface area contributed by atoms with Gasteiger partial charge in [-0.05, 0) is 23.3 Å². The van der Waals surface area contributed by atoms with Crippen LogP contribution in [0.4, 0.5) is 0 Å². The van der Waals surface area contributed by atoms with E-state index in [1.807, 2.05) is 30.3 Å². The number of halogens is 1. The third kappa shape index (κ3) is 2.58. The number of fused-ring (bicyclic) bond motifs is 1. The first-order valence-electron chi connectivity index (χ1n) is 6.66. The minimum Gasteiger partial charge on any atom is -0.356 e. The average molecular weight is 313 g/mol. The number of hydrogen-bond donors (Lipinski definition) is 0. The van der Waals surface area contributed by atoms with E-state index in [1.54, 1.807) is 11.0 Å². The summed E-state index contributed by atoms with van der Waals surface area (Å²) in [5.41, 5.74) is 3.96. The molecule has 2 heterocycles. The maximum Gasteiger partial charge on any atom is 0.167 e. The highest BCUT2D eigenvalue weighted by Crippen LogP contribution is 2.26. The summed E-state index contributed by atoms with van der Waals surface area (Å²) in [5.74, 6) is 0. The first-order chi connectivity index (χ1) is 10.4. The molecular weight excluding hydrogens is 300 g/mol. The largest absolute Gasteiger partial charge is 0.356 e. The van der Waals surface area contributed by atoms with Crippen molar-refractivity contribution in [3.8, 4) is 11.1 Å². The van der Waals surface area contributed by atoms with Crippen molar-refractivity contribution in [2.75, 3.05) is 0 Å². The minimum atomic E-state index is 0. The van der Waals surface area contributed by atoms with Crippen LogP contribution in [0.3, 0.4) is 0 Å². The second-order valence-electron chi connectivity index (χ2n) is 4.80. The molecule has 5 nitrogen and oxygen atoms in total. The molecule has 0 aliphatic carbocycles. The van der Waals surface area contributed by atoms with E-state index in [2.05, 4.69) is 33.4 Å². The number of benzene rings is 2. The predicted molar refractivity (Wildman–Crippen MR) is 85.8 cm³/mol. The second kappa shape index (κ2) is 5.99. The monoisotopic (exact) mass is 312 g/mol. The van der Waals surface area contributed by atoms with Crippen molar-refractivity contribution >= 4 is 23.4 Å². The normalized spacial score (nSPS) is 10.5. The van der Waals surface area contributed by atoms with Crippen molar-refractivity contribution in [1.29, 1.82) is 0 Å². The van der Waals surface area contributed by atoms with Gasteiger partial charge in [0.15, 0.2) is 5.58 Å². The van der Waals surface area contributed by atoms with Gasteiger partial charge in [0.05, 0.1) is 6.54 Å². The summed E-state index contributed by atoms with van der Waals surface area (Å²) >= 11 is 0. The van der Waals surface area contributed by atoms with Crippen LogP contribution in [0.25, 0.3) is 22.1 Å². The molecule has 0 radical (unpaired) electrons. The quantitative estimate of drug-likeness (QED) is 0.580. The fourth-order valence-corrected chi connectivity index (χ4v) is 2.38. The van der Waals surface area contributed by atoms with E-state index in [0.29, 0.717) is 6.54 Å². The zero-order chi connectivity index (χ0) is 14.1. The van der Waals surface area contributed by atoms with Gasteiger partial charge in [-0.1, -0.05) is 41.6 Å². The van der Waals surface area contributed by atoms with Gasteiger partial charge in [-0.15, -0.1) is 12.4 Å². The third-order valence-corrected chi connectivity index (χ3v) is 3.43. The van der Waals surface area contributed by atoms with Crippen molar-refractivity contribution in [2.24, 2.45) is 0 Å². The summed E-state index contributed by atoms with van der Waals surface area (Å²) in [6.07, 6.45) is 3.18. The van der Waals surface area contributed by atoms with E-state index in [4.69, 9.17) is 4.52 Å². The van der Waals surface area contributed by atoms with Gasteiger partial charge in [0, 0.05) is 5.39 Å². The zero-order valence-electron chi connectivity index (χ0n) is 11.6. The van der Waals surface area contributed by atoms with Gasteiger partial charge < -0.3 is 4.52 Å². The van der Waals surface area contributed by atoms with Crippen molar-refractivity contribution in [3.63, 3.8) is 0 Å². The Kier molecular flexibility index (Phi) is 3.89. The molecule has 0 spiro atoms. The van der Waals surface area contributed by atoms with E-state index in [0.717, 1.165) is 22.2 Å². The Morgan fingerprint density at radius 1 is 1.00 bits per heavy atom. The van der Waals surface area contributed by atoms with E-state index < -0.39 is 0 Å². The summed E-state index contributed by atoms with van der Waals surface area (Å²) in [6, 6.07) is 16.4. The van der Waals surface area contributed by atoms with Crippen LogP contribution in [0.2, 0.25) is 0 Å². The Labute approximate surface area is 133 Å². The predicted octanol–water partition coefficient (Wildman–Crippen LogP) is 3.56. The van der Waals surface area contributed by atoms with Gasteiger partial charge >= 0.3 is 0 Å². The molecule has 4 rings (SSSR count). The van der Waals surface area contributed by atoms with Gasteiger partial charge in [0.25, 0.3) is 0 Å². The fraction of sp³-hybridized carbons (Fsp3) is 0.0625. The van der Waals surface area contributed by atoms with Crippen LogP contribution < -0.4 is 0 Å². The highest BCUT2D eigenvalue weighted by atomic mass is 35.5. The highest BCUT2D eigenvalue weighted by Gasteiger charge is 2.10. The molecule has 4 aromatic rings. The van der Waals surface area contributed by atoms with E-state index >= 15 is 0 Å². The molecule has 22 heavy (non-hydrogen) atoms. The van der Waals surface area contributed by atoms with Crippen LogP contribution in [0.15, 0.2) is 65.7 Å². The molecule has 0 fully saturated rings. The molecule has 0 N–H and O–H groups in total. The number of aromatic nitrogens is 4. The Morgan fingerprint density at radius 2 is 1.86 bits per heavy atom. The maximum absolute atomic E-state index is 5.38. The van der Waals surface area contributed by atoms with Crippen LogP contribution in [0.5, 0.6) is 0 Å². The Bertz CT molecular complexity index is 872. The smallest absolute Gasteiger partial charge is 0.167 e. The number of hydrogen-bond acceptors (Lipinski definition) is 4. The van der Waals surface area contributed by atoms with Crippen LogP contribution in [0, 0.1) is 0 Å². The van der Waals surface area contributed by atoms with Gasteiger partial charge in [-0.2, -0.15) is 5.10 Å². The van der Waals surface area contributed by atoms with E-state index in [1.165, 1.54) is 11.9 Å². The number of nitrogens with zero attached hydrogens (tertiary/aromatic N) is 4. The van der Waals surface area contributed by atoms with Crippen LogP contribution in [0.1, 0.15) is 5.69 Å². The molecule has 0 aliphatic rings. The summed E-state index contributed by atoms with van der Waals surface area (Å²) in [7, 11) is 0. The Morgan fingerprint density at radius 3 is 2.64 bits per heavy atom. The lowest BCUT2D eigenvalue weighted by atomic mass is 10.0. The molecule has 2 aromatic heterocycles. The first-order valence-corrected chi connectivity index (χ1v) is 6.66. The lowest BCUT2D eigenvalue weighted by Gasteiger charge is -2.01. The standard InChI is InChI=1S/C16H12N4O.ClH/c1-2-4-12(5-3-1)13-6-7-16-14(8-13)15(19-21-16)9-20-11-17-10-18-20;/h1-8,10-11H,9H2;1H. The first kappa shape index (κ1) is 14.3. The van der Waals surface area contributed by atoms with Crippen molar-refractivity contribution in [3.05, 3.63) is 66.9 Å². The highest BCUT2D eigenvalue weighted by molar-refractivity contribution is 5.85. The molecule has 0 amide bonds.